The molecule has 2 N–H and O–H groups in total. The Morgan fingerprint density at radius 3 is 3.12 bits per heavy atom. The van der Waals surface area contributed by atoms with Crippen LogP contribution in [-0.2, 0) is 0 Å². The molecule has 0 aromatic heterocycles. The van der Waals surface area contributed by atoms with Crippen molar-refractivity contribution in [3.05, 3.63) is 28.2 Å². The van der Waals surface area contributed by atoms with Crippen LogP contribution in [0.25, 0.3) is 0 Å². The fourth-order valence-electron chi connectivity index (χ4n) is 2.34. The Morgan fingerprint density at radius 1 is 1.56 bits per heavy atom. The summed E-state index contributed by atoms with van der Waals surface area (Å²) in [4.78, 5) is 0. The van der Waals surface area contributed by atoms with Crippen LogP contribution in [0.2, 0.25) is 0 Å². The van der Waals surface area contributed by atoms with Crippen LogP contribution in [0.3, 0.4) is 0 Å². The molecule has 2 atom stereocenters. The summed E-state index contributed by atoms with van der Waals surface area (Å²) in [5.41, 5.74) is 7.11. The predicted octanol–water partition coefficient (Wildman–Crippen LogP) is 3.30. The molecule has 16 heavy (non-hydrogen) atoms. The molecule has 0 saturated heterocycles. The largest absolute Gasteiger partial charge is 0.493 e. The van der Waals surface area contributed by atoms with Crippen molar-refractivity contribution in [3.63, 3.8) is 0 Å². The van der Waals surface area contributed by atoms with E-state index in [9.17, 15) is 0 Å². The summed E-state index contributed by atoms with van der Waals surface area (Å²) in [5, 5.41) is 0. The summed E-state index contributed by atoms with van der Waals surface area (Å²) in [6.45, 7) is 3.78. The van der Waals surface area contributed by atoms with Gasteiger partial charge in [-0.1, -0.05) is 28.9 Å². The highest BCUT2D eigenvalue weighted by Gasteiger charge is 2.24. The first-order chi connectivity index (χ1) is 7.72. The first-order valence-electron chi connectivity index (χ1n) is 5.84. The zero-order chi connectivity index (χ0) is 11.5. The molecule has 0 fully saturated rings. The van der Waals surface area contributed by atoms with E-state index in [1.807, 2.05) is 0 Å². The van der Waals surface area contributed by atoms with E-state index in [0.29, 0.717) is 11.8 Å². The molecule has 1 heterocycles. The van der Waals surface area contributed by atoms with Crippen LogP contribution in [-0.4, -0.2) is 13.2 Å². The molecule has 0 bridgehead atoms. The smallest absolute Gasteiger partial charge is 0.123 e. The Labute approximate surface area is 105 Å². The molecule has 1 aromatic rings. The SMILES string of the molecule is CC(CN)C1CCCOc2cc(Br)ccc21. The van der Waals surface area contributed by atoms with Crippen LogP contribution in [0.5, 0.6) is 5.75 Å². The van der Waals surface area contributed by atoms with E-state index in [0.717, 1.165) is 29.8 Å². The van der Waals surface area contributed by atoms with Crippen molar-refractivity contribution >= 4 is 15.9 Å². The fourth-order valence-corrected chi connectivity index (χ4v) is 2.68. The highest BCUT2D eigenvalue weighted by Crippen LogP contribution is 2.38. The standard InChI is InChI=1S/C13H18BrNO/c1-9(8-15)11-3-2-6-16-13-7-10(14)4-5-12(11)13/h4-5,7,9,11H,2-3,6,8,15H2,1H3. The number of rotatable bonds is 2. The van der Waals surface area contributed by atoms with E-state index in [4.69, 9.17) is 10.5 Å². The molecule has 2 unspecified atom stereocenters. The molecule has 1 aliphatic rings. The average molecular weight is 284 g/mol. The maximum atomic E-state index is 5.79. The lowest BCUT2D eigenvalue weighted by Crippen LogP contribution is -2.19. The van der Waals surface area contributed by atoms with Crippen molar-refractivity contribution in [1.82, 2.24) is 0 Å². The third-order valence-electron chi connectivity index (χ3n) is 3.35. The van der Waals surface area contributed by atoms with Crippen LogP contribution in [0.1, 0.15) is 31.2 Å². The van der Waals surface area contributed by atoms with Crippen molar-refractivity contribution < 1.29 is 4.74 Å². The van der Waals surface area contributed by atoms with Crippen LogP contribution in [0.4, 0.5) is 0 Å². The summed E-state index contributed by atoms with van der Waals surface area (Å²) in [6.07, 6.45) is 2.29. The first kappa shape index (κ1) is 11.9. The second-order valence-corrected chi connectivity index (χ2v) is 5.41. The molecule has 88 valence electrons. The minimum Gasteiger partial charge on any atom is -0.493 e. The molecule has 2 rings (SSSR count). The fraction of sp³-hybridized carbons (Fsp3) is 0.538. The molecule has 1 aliphatic heterocycles. The summed E-state index contributed by atoms with van der Waals surface area (Å²) in [5.74, 6) is 2.08. The van der Waals surface area contributed by atoms with Gasteiger partial charge in [0.1, 0.15) is 5.75 Å². The Balaban J connectivity index is 2.36. The molecule has 0 aliphatic carbocycles. The molecule has 0 saturated carbocycles. The van der Waals surface area contributed by atoms with E-state index in [1.165, 1.54) is 12.0 Å². The highest BCUT2D eigenvalue weighted by atomic mass is 79.9. The van der Waals surface area contributed by atoms with Crippen molar-refractivity contribution in [2.75, 3.05) is 13.2 Å². The van der Waals surface area contributed by atoms with Gasteiger partial charge in [-0.2, -0.15) is 0 Å². The van der Waals surface area contributed by atoms with Gasteiger partial charge < -0.3 is 10.5 Å². The van der Waals surface area contributed by atoms with Gasteiger partial charge in [0.05, 0.1) is 6.61 Å². The Bertz CT molecular complexity index is 367. The van der Waals surface area contributed by atoms with E-state index in [-0.39, 0.29) is 0 Å². The topological polar surface area (TPSA) is 35.2 Å². The van der Waals surface area contributed by atoms with Gasteiger partial charge in [-0.05, 0) is 48.9 Å². The number of halogens is 1. The Hall–Kier alpha value is -0.540. The lowest BCUT2D eigenvalue weighted by atomic mass is 9.84. The number of hydrogen-bond acceptors (Lipinski definition) is 2. The number of fused-ring (bicyclic) bond motifs is 1. The van der Waals surface area contributed by atoms with Crippen molar-refractivity contribution in [2.24, 2.45) is 11.7 Å². The highest BCUT2D eigenvalue weighted by molar-refractivity contribution is 9.10. The Kier molecular flexibility index (Phi) is 3.87. The maximum Gasteiger partial charge on any atom is 0.123 e. The molecule has 1 aromatic carbocycles. The van der Waals surface area contributed by atoms with Crippen LogP contribution < -0.4 is 10.5 Å². The Morgan fingerprint density at radius 2 is 2.38 bits per heavy atom. The second kappa shape index (κ2) is 5.19. The van der Waals surface area contributed by atoms with Gasteiger partial charge >= 0.3 is 0 Å². The lowest BCUT2D eigenvalue weighted by molar-refractivity contribution is 0.314. The number of benzene rings is 1. The average Bonchev–Trinajstić information content (AvgIpc) is 2.49. The third kappa shape index (κ3) is 2.41. The maximum absolute atomic E-state index is 5.79. The first-order valence-corrected chi connectivity index (χ1v) is 6.64. The van der Waals surface area contributed by atoms with Gasteiger partial charge in [-0.25, -0.2) is 0 Å². The minimum absolute atomic E-state index is 0.515. The quantitative estimate of drug-likeness (QED) is 0.904. The van der Waals surface area contributed by atoms with Crippen LogP contribution in [0, 0.1) is 5.92 Å². The summed E-state index contributed by atoms with van der Waals surface area (Å²) < 4.78 is 6.86. The molecule has 3 heteroatoms. The van der Waals surface area contributed by atoms with E-state index >= 15 is 0 Å². The molecule has 0 spiro atoms. The molecular formula is C13H18BrNO. The molecule has 0 amide bonds. The predicted molar refractivity (Wildman–Crippen MR) is 69.8 cm³/mol. The van der Waals surface area contributed by atoms with E-state index < -0.39 is 0 Å². The molecule has 2 nitrogen and oxygen atoms in total. The zero-order valence-corrected chi connectivity index (χ0v) is 11.2. The van der Waals surface area contributed by atoms with Gasteiger partial charge in [-0.3, -0.25) is 0 Å². The van der Waals surface area contributed by atoms with E-state index in [1.54, 1.807) is 0 Å². The lowest BCUT2D eigenvalue weighted by Gasteiger charge is -2.22. The number of ether oxygens (including phenoxy) is 1. The van der Waals surface area contributed by atoms with Gasteiger partial charge in [0.25, 0.3) is 0 Å². The minimum atomic E-state index is 0.515. The van der Waals surface area contributed by atoms with Crippen molar-refractivity contribution in [3.8, 4) is 5.75 Å². The number of hydrogen-bond donors (Lipinski definition) is 1. The zero-order valence-electron chi connectivity index (χ0n) is 9.58. The summed E-state index contributed by atoms with van der Waals surface area (Å²) in [6, 6.07) is 6.32. The summed E-state index contributed by atoms with van der Waals surface area (Å²) in [7, 11) is 0. The molecular weight excluding hydrogens is 266 g/mol. The van der Waals surface area contributed by atoms with E-state index in [2.05, 4.69) is 41.1 Å². The molecule has 0 radical (unpaired) electrons. The van der Waals surface area contributed by atoms with Gasteiger partial charge in [0, 0.05) is 4.47 Å². The number of nitrogens with two attached hydrogens (primary N) is 1. The van der Waals surface area contributed by atoms with Crippen LogP contribution >= 0.6 is 15.9 Å². The third-order valence-corrected chi connectivity index (χ3v) is 3.84. The van der Waals surface area contributed by atoms with Gasteiger partial charge in [0.2, 0.25) is 0 Å². The normalized spacial score (nSPS) is 21.8. The summed E-state index contributed by atoms with van der Waals surface area (Å²) >= 11 is 3.49. The van der Waals surface area contributed by atoms with Gasteiger partial charge in [-0.15, -0.1) is 0 Å². The monoisotopic (exact) mass is 283 g/mol. The van der Waals surface area contributed by atoms with Crippen LogP contribution in [0.15, 0.2) is 22.7 Å². The van der Waals surface area contributed by atoms with Crippen molar-refractivity contribution in [2.45, 2.75) is 25.7 Å². The van der Waals surface area contributed by atoms with Gasteiger partial charge in [0.15, 0.2) is 0 Å². The second-order valence-electron chi connectivity index (χ2n) is 4.49. The van der Waals surface area contributed by atoms with Crippen molar-refractivity contribution in [1.29, 1.82) is 0 Å².